The number of nitrogens with zero attached hydrogens (tertiary/aromatic N) is 1. The Bertz CT molecular complexity index is 434. The van der Waals surface area contributed by atoms with Crippen LogP contribution in [0.4, 0.5) is 10.1 Å². The van der Waals surface area contributed by atoms with E-state index in [0.717, 1.165) is 49.3 Å². The molecule has 2 fully saturated rings. The molecule has 2 unspecified atom stereocenters. The number of halogens is 1. The van der Waals surface area contributed by atoms with Crippen LogP contribution in [0.3, 0.4) is 0 Å². The van der Waals surface area contributed by atoms with Gasteiger partial charge in [0, 0.05) is 25.3 Å². The van der Waals surface area contributed by atoms with Crippen LogP contribution in [0.25, 0.3) is 0 Å². The van der Waals surface area contributed by atoms with E-state index in [4.69, 9.17) is 0 Å². The predicted molar refractivity (Wildman–Crippen MR) is 76.8 cm³/mol. The van der Waals surface area contributed by atoms with Gasteiger partial charge in [-0.3, -0.25) is 0 Å². The van der Waals surface area contributed by atoms with Crippen LogP contribution in [0.15, 0.2) is 18.2 Å². The zero-order valence-corrected chi connectivity index (χ0v) is 11.7. The second-order valence-electron chi connectivity index (χ2n) is 5.95. The standard InChI is InChI=1S/C16H23FN2/c1-2-18-9-12-6-15(17)8-16(7-12)19-10-13-4-3-5-14(13)11-19/h6-8,13-14,18H,2-5,9-11H2,1H3. The van der Waals surface area contributed by atoms with Crippen molar-refractivity contribution in [2.45, 2.75) is 32.7 Å². The highest BCUT2D eigenvalue weighted by molar-refractivity contribution is 5.50. The average Bonchev–Trinajstić information content (AvgIpc) is 2.96. The zero-order chi connectivity index (χ0) is 13.2. The highest BCUT2D eigenvalue weighted by Gasteiger charge is 2.36. The van der Waals surface area contributed by atoms with Crippen LogP contribution in [0.1, 0.15) is 31.7 Å². The van der Waals surface area contributed by atoms with Crippen molar-refractivity contribution in [3.8, 4) is 0 Å². The Balaban J connectivity index is 1.75. The lowest BCUT2D eigenvalue weighted by Crippen LogP contribution is -2.21. The molecular weight excluding hydrogens is 239 g/mol. The van der Waals surface area contributed by atoms with Gasteiger partial charge in [0.25, 0.3) is 0 Å². The van der Waals surface area contributed by atoms with Crippen LogP contribution < -0.4 is 10.2 Å². The number of fused-ring (bicyclic) bond motifs is 1. The third-order valence-electron chi connectivity index (χ3n) is 4.61. The molecule has 2 nitrogen and oxygen atoms in total. The first-order valence-corrected chi connectivity index (χ1v) is 7.51. The minimum Gasteiger partial charge on any atom is -0.371 e. The molecule has 1 saturated heterocycles. The number of rotatable bonds is 4. The summed E-state index contributed by atoms with van der Waals surface area (Å²) in [5.74, 6) is 1.59. The largest absolute Gasteiger partial charge is 0.371 e. The van der Waals surface area contributed by atoms with Crippen molar-refractivity contribution in [2.75, 3.05) is 24.5 Å². The maximum Gasteiger partial charge on any atom is 0.125 e. The van der Waals surface area contributed by atoms with Crippen LogP contribution in [-0.4, -0.2) is 19.6 Å². The molecule has 1 aliphatic heterocycles. The first-order valence-electron chi connectivity index (χ1n) is 7.51. The van der Waals surface area contributed by atoms with E-state index in [-0.39, 0.29) is 5.82 Å². The molecule has 0 spiro atoms. The van der Waals surface area contributed by atoms with Crippen molar-refractivity contribution < 1.29 is 4.39 Å². The molecule has 2 aliphatic rings. The van der Waals surface area contributed by atoms with Gasteiger partial charge in [-0.15, -0.1) is 0 Å². The van der Waals surface area contributed by atoms with E-state index < -0.39 is 0 Å². The molecule has 0 amide bonds. The topological polar surface area (TPSA) is 15.3 Å². The second-order valence-corrected chi connectivity index (χ2v) is 5.95. The normalized spacial score (nSPS) is 25.9. The summed E-state index contributed by atoms with van der Waals surface area (Å²) in [7, 11) is 0. The SMILES string of the molecule is CCNCc1cc(F)cc(N2CC3CCCC3C2)c1. The van der Waals surface area contributed by atoms with Gasteiger partial charge < -0.3 is 10.2 Å². The van der Waals surface area contributed by atoms with E-state index in [0.29, 0.717) is 0 Å². The second kappa shape index (κ2) is 5.49. The fourth-order valence-corrected chi connectivity index (χ4v) is 3.63. The minimum atomic E-state index is -0.109. The number of hydrogen-bond acceptors (Lipinski definition) is 2. The zero-order valence-electron chi connectivity index (χ0n) is 11.7. The van der Waals surface area contributed by atoms with Crippen LogP contribution in [0.5, 0.6) is 0 Å². The van der Waals surface area contributed by atoms with E-state index in [1.807, 2.05) is 0 Å². The first kappa shape index (κ1) is 12.9. The predicted octanol–water partition coefficient (Wildman–Crippen LogP) is 3.17. The van der Waals surface area contributed by atoms with E-state index in [1.54, 1.807) is 12.1 Å². The summed E-state index contributed by atoms with van der Waals surface area (Å²) in [5.41, 5.74) is 2.12. The van der Waals surface area contributed by atoms with Gasteiger partial charge in [0.1, 0.15) is 5.82 Å². The Morgan fingerprint density at radius 3 is 2.63 bits per heavy atom. The van der Waals surface area contributed by atoms with E-state index in [1.165, 1.54) is 19.3 Å². The number of nitrogens with one attached hydrogen (secondary N) is 1. The fraction of sp³-hybridized carbons (Fsp3) is 0.625. The minimum absolute atomic E-state index is 0.109. The summed E-state index contributed by atoms with van der Waals surface area (Å²) in [6.07, 6.45) is 4.11. The lowest BCUT2D eigenvalue weighted by atomic mass is 10.0. The lowest BCUT2D eigenvalue weighted by Gasteiger charge is -2.20. The number of hydrogen-bond donors (Lipinski definition) is 1. The summed E-state index contributed by atoms with van der Waals surface area (Å²) in [4.78, 5) is 2.38. The van der Waals surface area contributed by atoms with Gasteiger partial charge >= 0.3 is 0 Å². The molecule has 0 radical (unpaired) electrons. The molecule has 3 rings (SSSR count). The lowest BCUT2D eigenvalue weighted by molar-refractivity contribution is 0.494. The van der Waals surface area contributed by atoms with Crippen molar-refractivity contribution >= 4 is 5.69 Å². The van der Waals surface area contributed by atoms with Crippen molar-refractivity contribution in [2.24, 2.45) is 11.8 Å². The summed E-state index contributed by atoms with van der Waals surface area (Å²) < 4.78 is 13.7. The monoisotopic (exact) mass is 262 g/mol. The van der Waals surface area contributed by atoms with Crippen LogP contribution in [0, 0.1) is 17.7 Å². The number of anilines is 1. The summed E-state index contributed by atoms with van der Waals surface area (Å²) in [6.45, 7) is 5.98. The van der Waals surface area contributed by atoms with Gasteiger partial charge in [-0.25, -0.2) is 4.39 Å². The van der Waals surface area contributed by atoms with E-state index in [2.05, 4.69) is 23.2 Å². The van der Waals surface area contributed by atoms with E-state index >= 15 is 0 Å². The molecule has 0 aromatic heterocycles. The smallest absolute Gasteiger partial charge is 0.125 e. The quantitative estimate of drug-likeness (QED) is 0.896. The number of benzene rings is 1. The molecular formula is C16H23FN2. The molecule has 2 atom stereocenters. The molecule has 1 saturated carbocycles. The average molecular weight is 262 g/mol. The molecule has 1 N–H and O–H groups in total. The molecule has 1 aliphatic carbocycles. The molecule has 1 heterocycles. The molecule has 3 heteroatoms. The van der Waals surface area contributed by atoms with Crippen molar-refractivity contribution in [1.29, 1.82) is 0 Å². The maximum atomic E-state index is 13.7. The third kappa shape index (κ3) is 2.76. The van der Waals surface area contributed by atoms with Crippen molar-refractivity contribution in [1.82, 2.24) is 5.32 Å². The van der Waals surface area contributed by atoms with Crippen molar-refractivity contribution in [3.05, 3.63) is 29.6 Å². The summed E-state index contributed by atoms with van der Waals surface area (Å²) in [6, 6.07) is 5.48. The van der Waals surface area contributed by atoms with Gasteiger partial charge in [0.2, 0.25) is 0 Å². The van der Waals surface area contributed by atoms with E-state index in [9.17, 15) is 4.39 Å². The van der Waals surface area contributed by atoms with Crippen LogP contribution in [0.2, 0.25) is 0 Å². The van der Waals surface area contributed by atoms with Gasteiger partial charge in [-0.1, -0.05) is 13.3 Å². The Morgan fingerprint density at radius 1 is 1.21 bits per heavy atom. The molecule has 19 heavy (non-hydrogen) atoms. The van der Waals surface area contributed by atoms with Crippen LogP contribution in [-0.2, 0) is 6.54 Å². The molecule has 104 valence electrons. The Labute approximate surface area is 115 Å². The Kier molecular flexibility index (Phi) is 3.74. The van der Waals surface area contributed by atoms with Gasteiger partial charge in [-0.2, -0.15) is 0 Å². The highest BCUT2D eigenvalue weighted by Crippen LogP contribution is 2.39. The fourth-order valence-electron chi connectivity index (χ4n) is 3.63. The van der Waals surface area contributed by atoms with Gasteiger partial charge in [0.05, 0.1) is 0 Å². The third-order valence-corrected chi connectivity index (χ3v) is 4.61. The highest BCUT2D eigenvalue weighted by atomic mass is 19.1. The van der Waals surface area contributed by atoms with Gasteiger partial charge in [-0.05, 0) is 55.0 Å². The van der Waals surface area contributed by atoms with Crippen molar-refractivity contribution in [3.63, 3.8) is 0 Å². The Hall–Kier alpha value is -1.09. The Morgan fingerprint density at radius 2 is 1.95 bits per heavy atom. The summed E-state index contributed by atoms with van der Waals surface area (Å²) in [5, 5.41) is 3.26. The molecule has 0 bridgehead atoms. The first-order chi connectivity index (χ1) is 9.26. The van der Waals surface area contributed by atoms with Crippen LogP contribution >= 0.6 is 0 Å². The summed E-state index contributed by atoms with van der Waals surface area (Å²) >= 11 is 0. The molecule has 1 aromatic carbocycles. The molecule has 1 aromatic rings. The maximum absolute atomic E-state index is 13.7. The van der Waals surface area contributed by atoms with Gasteiger partial charge in [0.15, 0.2) is 0 Å².